The lowest BCUT2D eigenvalue weighted by molar-refractivity contribution is 0.162. The van der Waals surface area contributed by atoms with Crippen LogP contribution in [-0.4, -0.2) is 6.54 Å². The Kier molecular flexibility index (Phi) is 4.90. The van der Waals surface area contributed by atoms with Crippen molar-refractivity contribution in [2.24, 2.45) is 11.3 Å². The second-order valence-electron chi connectivity index (χ2n) is 6.21. The molecule has 18 heavy (non-hydrogen) atoms. The van der Waals surface area contributed by atoms with E-state index >= 15 is 0 Å². The van der Waals surface area contributed by atoms with Gasteiger partial charge in [-0.2, -0.15) is 11.3 Å². The number of halogens is 1. The molecule has 0 amide bonds. The van der Waals surface area contributed by atoms with E-state index in [-0.39, 0.29) is 0 Å². The van der Waals surface area contributed by atoms with E-state index in [2.05, 4.69) is 52.8 Å². The predicted octanol–water partition coefficient (Wildman–Crippen LogP) is 5.38. The second-order valence-corrected chi connectivity index (χ2v) is 7.81. The van der Waals surface area contributed by atoms with Crippen LogP contribution in [0, 0.1) is 11.3 Å². The van der Waals surface area contributed by atoms with E-state index in [1.165, 1.54) is 35.7 Å². The van der Waals surface area contributed by atoms with E-state index in [0.717, 1.165) is 12.5 Å². The fraction of sp³-hybridized carbons (Fsp3) is 0.733. The summed E-state index contributed by atoms with van der Waals surface area (Å²) in [5, 5.41) is 8.20. The number of hydrogen-bond donors (Lipinski definition) is 1. The molecule has 1 fully saturated rings. The van der Waals surface area contributed by atoms with Crippen LogP contribution < -0.4 is 5.32 Å². The Labute approximate surface area is 123 Å². The van der Waals surface area contributed by atoms with Crippen molar-refractivity contribution in [3.8, 4) is 0 Å². The molecule has 1 nitrogen and oxygen atoms in total. The molecule has 0 aromatic carbocycles. The number of nitrogens with one attached hydrogen (secondary N) is 1. The second kappa shape index (κ2) is 6.06. The lowest BCUT2D eigenvalue weighted by Crippen LogP contribution is -2.32. The van der Waals surface area contributed by atoms with Gasteiger partial charge in [-0.3, -0.25) is 0 Å². The number of rotatable bonds is 4. The Hall–Kier alpha value is 0.140. The molecule has 1 aliphatic carbocycles. The van der Waals surface area contributed by atoms with Crippen molar-refractivity contribution in [1.82, 2.24) is 5.32 Å². The van der Waals surface area contributed by atoms with Crippen LogP contribution in [0.2, 0.25) is 0 Å². The van der Waals surface area contributed by atoms with Gasteiger partial charge in [-0.1, -0.05) is 20.8 Å². The van der Waals surface area contributed by atoms with Crippen LogP contribution in [-0.2, 0) is 0 Å². The maximum atomic E-state index is 3.70. The van der Waals surface area contributed by atoms with E-state index in [9.17, 15) is 0 Å². The summed E-state index contributed by atoms with van der Waals surface area (Å²) in [6.07, 6.45) is 5.43. The van der Waals surface area contributed by atoms with Gasteiger partial charge in [0.2, 0.25) is 0 Å². The third kappa shape index (κ3) is 3.37. The molecule has 1 atom stereocenters. The molecule has 1 saturated carbocycles. The molecule has 1 aliphatic rings. The van der Waals surface area contributed by atoms with Gasteiger partial charge in [0.1, 0.15) is 0 Å². The van der Waals surface area contributed by atoms with E-state index in [4.69, 9.17) is 0 Å². The highest BCUT2D eigenvalue weighted by atomic mass is 79.9. The minimum atomic E-state index is 0.534. The van der Waals surface area contributed by atoms with Crippen LogP contribution in [0.5, 0.6) is 0 Å². The molecule has 0 aliphatic heterocycles. The van der Waals surface area contributed by atoms with Gasteiger partial charge in [0.05, 0.1) is 0 Å². The van der Waals surface area contributed by atoms with Gasteiger partial charge in [0.15, 0.2) is 0 Å². The summed E-state index contributed by atoms with van der Waals surface area (Å²) in [6.45, 7) is 8.07. The van der Waals surface area contributed by atoms with Crippen LogP contribution in [0.4, 0.5) is 0 Å². The standard InChI is InChI=1S/C15H24BrNS/c1-4-17-14(12-9-18-10-13(12)16)11-5-7-15(2,3)8-6-11/h9-11,14,17H,4-8H2,1-3H3. The summed E-state index contributed by atoms with van der Waals surface area (Å²) in [4.78, 5) is 0. The quantitative estimate of drug-likeness (QED) is 0.782. The highest BCUT2D eigenvalue weighted by Gasteiger charge is 2.32. The maximum absolute atomic E-state index is 3.70. The monoisotopic (exact) mass is 329 g/mol. The van der Waals surface area contributed by atoms with Gasteiger partial charge in [-0.15, -0.1) is 0 Å². The molecular formula is C15H24BrNS. The molecule has 0 spiro atoms. The molecule has 0 radical (unpaired) electrons. The summed E-state index contributed by atoms with van der Waals surface area (Å²) >= 11 is 5.49. The molecule has 1 heterocycles. The van der Waals surface area contributed by atoms with Crippen molar-refractivity contribution < 1.29 is 0 Å². The summed E-state index contributed by atoms with van der Waals surface area (Å²) in [6, 6.07) is 0.534. The largest absolute Gasteiger partial charge is 0.310 e. The molecule has 1 N–H and O–H groups in total. The van der Waals surface area contributed by atoms with Crippen molar-refractivity contribution in [3.63, 3.8) is 0 Å². The molecule has 102 valence electrons. The topological polar surface area (TPSA) is 12.0 Å². The van der Waals surface area contributed by atoms with Gasteiger partial charge in [0, 0.05) is 15.9 Å². The van der Waals surface area contributed by atoms with Crippen molar-refractivity contribution >= 4 is 27.3 Å². The van der Waals surface area contributed by atoms with Crippen LogP contribution in [0.1, 0.15) is 58.1 Å². The smallest absolute Gasteiger partial charge is 0.0368 e. The minimum absolute atomic E-state index is 0.534. The van der Waals surface area contributed by atoms with Crippen molar-refractivity contribution in [2.75, 3.05) is 6.54 Å². The van der Waals surface area contributed by atoms with Gasteiger partial charge in [-0.05, 0) is 70.4 Å². The summed E-state index contributed by atoms with van der Waals surface area (Å²) < 4.78 is 1.28. The van der Waals surface area contributed by atoms with Gasteiger partial charge < -0.3 is 5.32 Å². The van der Waals surface area contributed by atoms with Crippen molar-refractivity contribution in [1.29, 1.82) is 0 Å². The number of hydrogen-bond acceptors (Lipinski definition) is 2. The fourth-order valence-corrected chi connectivity index (χ4v) is 4.60. The first-order valence-electron chi connectivity index (χ1n) is 6.98. The van der Waals surface area contributed by atoms with Gasteiger partial charge >= 0.3 is 0 Å². The zero-order valence-electron chi connectivity index (χ0n) is 11.6. The maximum Gasteiger partial charge on any atom is 0.0368 e. The van der Waals surface area contributed by atoms with E-state index in [0.29, 0.717) is 11.5 Å². The lowest BCUT2D eigenvalue weighted by Gasteiger charge is -2.38. The Balaban J connectivity index is 2.10. The Morgan fingerprint density at radius 1 is 1.39 bits per heavy atom. The number of thiophene rings is 1. The molecule has 1 aromatic heterocycles. The average Bonchev–Trinajstić information content (AvgIpc) is 2.73. The van der Waals surface area contributed by atoms with E-state index in [1.807, 2.05) is 0 Å². The summed E-state index contributed by atoms with van der Waals surface area (Å²) in [7, 11) is 0. The van der Waals surface area contributed by atoms with Gasteiger partial charge in [-0.25, -0.2) is 0 Å². The third-order valence-electron chi connectivity index (χ3n) is 4.26. The predicted molar refractivity (Wildman–Crippen MR) is 84.2 cm³/mol. The zero-order chi connectivity index (χ0) is 13.2. The normalized spacial score (nSPS) is 22.0. The first-order valence-corrected chi connectivity index (χ1v) is 8.72. The van der Waals surface area contributed by atoms with Gasteiger partial charge in [0.25, 0.3) is 0 Å². The van der Waals surface area contributed by atoms with E-state index < -0.39 is 0 Å². The van der Waals surface area contributed by atoms with Crippen molar-refractivity contribution in [2.45, 2.75) is 52.5 Å². The molecule has 2 rings (SSSR count). The summed E-state index contributed by atoms with van der Waals surface area (Å²) in [5.74, 6) is 0.795. The lowest BCUT2D eigenvalue weighted by atomic mass is 9.70. The fourth-order valence-electron chi connectivity index (χ4n) is 3.02. The minimum Gasteiger partial charge on any atom is -0.310 e. The Bertz CT molecular complexity index is 376. The van der Waals surface area contributed by atoms with Crippen LogP contribution in [0.25, 0.3) is 0 Å². The average molecular weight is 330 g/mol. The SMILES string of the molecule is CCNC(c1cscc1Br)C1CCC(C)(C)CC1. The van der Waals surface area contributed by atoms with Crippen molar-refractivity contribution in [3.05, 3.63) is 20.8 Å². The molecule has 1 unspecified atom stereocenters. The molecule has 3 heteroatoms. The van der Waals surface area contributed by atoms with Crippen LogP contribution in [0.15, 0.2) is 15.2 Å². The first-order chi connectivity index (χ1) is 8.53. The summed E-state index contributed by atoms with van der Waals surface area (Å²) in [5.41, 5.74) is 2.02. The Morgan fingerprint density at radius 2 is 2.06 bits per heavy atom. The zero-order valence-corrected chi connectivity index (χ0v) is 14.0. The molecular weight excluding hydrogens is 306 g/mol. The Morgan fingerprint density at radius 3 is 2.56 bits per heavy atom. The molecule has 1 aromatic rings. The van der Waals surface area contributed by atoms with Crippen LogP contribution >= 0.6 is 27.3 Å². The molecule has 0 saturated heterocycles. The first kappa shape index (κ1) is 14.5. The highest BCUT2D eigenvalue weighted by Crippen LogP contribution is 2.44. The highest BCUT2D eigenvalue weighted by molar-refractivity contribution is 9.10. The van der Waals surface area contributed by atoms with Crippen LogP contribution in [0.3, 0.4) is 0 Å². The van der Waals surface area contributed by atoms with E-state index in [1.54, 1.807) is 11.3 Å². The molecule has 0 bridgehead atoms. The third-order valence-corrected chi connectivity index (χ3v) is 6.01.